The first-order valence-corrected chi connectivity index (χ1v) is 11.9. The monoisotopic (exact) mass is 485 g/mol. The van der Waals surface area contributed by atoms with Gasteiger partial charge in [0.05, 0.1) is 4.88 Å². The number of carbonyl (C=O) groups excluding carboxylic acids is 2. The molecule has 5 nitrogen and oxygen atoms in total. The SMILES string of the molecule is CC(C)(C)N(CCc1ccc(-c2ccc(C=O)s2)cc1)C(=O)OC[C@H](O)c1cccc(Cl)c1. The zero-order valence-electron chi connectivity index (χ0n) is 19.0. The highest BCUT2D eigenvalue weighted by atomic mass is 35.5. The highest BCUT2D eigenvalue weighted by Crippen LogP contribution is 2.28. The van der Waals surface area contributed by atoms with Crippen LogP contribution in [0.25, 0.3) is 10.4 Å². The Bertz CT molecular complexity index is 1090. The molecule has 0 aliphatic rings. The van der Waals surface area contributed by atoms with Gasteiger partial charge in [-0.15, -0.1) is 11.3 Å². The van der Waals surface area contributed by atoms with Crippen LogP contribution in [0.1, 0.15) is 47.7 Å². The van der Waals surface area contributed by atoms with Gasteiger partial charge >= 0.3 is 6.09 Å². The molecule has 0 spiro atoms. The Morgan fingerprint density at radius 3 is 2.48 bits per heavy atom. The number of carbonyl (C=O) groups is 2. The molecular formula is C26H28ClNO4S. The maximum Gasteiger partial charge on any atom is 0.410 e. The predicted molar refractivity (Wildman–Crippen MR) is 133 cm³/mol. The van der Waals surface area contributed by atoms with Crippen molar-refractivity contribution in [2.75, 3.05) is 13.2 Å². The summed E-state index contributed by atoms with van der Waals surface area (Å²) in [5, 5.41) is 10.9. The first kappa shape index (κ1) is 25.0. The second-order valence-electron chi connectivity index (χ2n) is 8.74. The van der Waals surface area contributed by atoms with Crippen molar-refractivity contribution in [1.82, 2.24) is 4.90 Å². The summed E-state index contributed by atoms with van der Waals surface area (Å²) in [6, 6.07) is 18.7. The molecule has 0 saturated heterocycles. The quantitative estimate of drug-likeness (QED) is 0.375. The number of benzene rings is 2. The molecule has 0 unspecified atom stereocenters. The summed E-state index contributed by atoms with van der Waals surface area (Å²) < 4.78 is 5.43. The van der Waals surface area contributed by atoms with Crippen molar-refractivity contribution in [3.05, 3.63) is 81.7 Å². The van der Waals surface area contributed by atoms with Gasteiger partial charge in [0.2, 0.25) is 0 Å². The number of aliphatic hydroxyl groups is 1. The van der Waals surface area contributed by atoms with E-state index in [-0.39, 0.29) is 6.61 Å². The van der Waals surface area contributed by atoms with E-state index in [4.69, 9.17) is 16.3 Å². The van der Waals surface area contributed by atoms with E-state index in [1.807, 2.05) is 57.2 Å². The second kappa shape index (κ2) is 11.0. The van der Waals surface area contributed by atoms with Gasteiger partial charge in [-0.25, -0.2) is 4.79 Å². The van der Waals surface area contributed by atoms with Crippen molar-refractivity contribution in [3.63, 3.8) is 0 Å². The highest BCUT2D eigenvalue weighted by Gasteiger charge is 2.28. The molecule has 1 aromatic heterocycles. The number of aldehydes is 1. The van der Waals surface area contributed by atoms with Crippen LogP contribution in [-0.2, 0) is 11.2 Å². The standard InChI is InChI=1S/C26H28ClNO4S/c1-26(2,3)28(25(31)32-17-23(30)20-5-4-6-21(27)15-20)14-13-18-7-9-19(10-8-18)24-12-11-22(16-29)33-24/h4-12,15-16,23,30H,13-14,17H2,1-3H3/t23-/m0/s1. The fraction of sp³-hybridized carbons (Fsp3) is 0.308. The first-order chi connectivity index (χ1) is 15.7. The van der Waals surface area contributed by atoms with E-state index in [9.17, 15) is 14.7 Å². The molecule has 3 rings (SSSR count). The molecule has 1 amide bonds. The third kappa shape index (κ3) is 6.90. The summed E-state index contributed by atoms with van der Waals surface area (Å²) >= 11 is 7.43. The minimum Gasteiger partial charge on any atom is -0.446 e. The summed E-state index contributed by atoms with van der Waals surface area (Å²) in [6.45, 7) is 6.18. The molecule has 0 aliphatic heterocycles. The summed E-state index contributed by atoms with van der Waals surface area (Å²) in [7, 11) is 0. The van der Waals surface area contributed by atoms with E-state index in [2.05, 4.69) is 0 Å². The van der Waals surface area contributed by atoms with E-state index in [1.165, 1.54) is 11.3 Å². The molecule has 0 fully saturated rings. The third-order valence-electron chi connectivity index (χ3n) is 5.23. The zero-order chi connectivity index (χ0) is 24.0. The Labute approximate surface area is 203 Å². The third-order valence-corrected chi connectivity index (χ3v) is 6.53. The molecule has 33 heavy (non-hydrogen) atoms. The molecular weight excluding hydrogens is 458 g/mol. The Hall–Kier alpha value is -2.67. The maximum absolute atomic E-state index is 12.8. The molecule has 0 saturated carbocycles. The number of halogens is 1. The molecule has 3 aromatic rings. The lowest BCUT2D eigenvalue weighted by atomic mass is 10.0. The maximum atomic E-state index is 12.8. The molecule has 174 valence electrons. The number of thiophene rings is 1. The number of amides is 1. The lowest BCUT2D eigenvalue weighted by Crippen LogP contribution is -2.47. The van der Waals surface area contributed by atoms with Gasteiger partial charge in [-0.1, -0.05) is 48.0 Å². The van der Waals surface area contributed by atoms with Gasteiger partial charge in [-0.3, -0.25) is 4.79 Å². The van der Waals surface area contributed by atoms with Gasteiger partial charge in [0.25, 0.3) is 0 Å². The largest absolute Gasteiger partial charge is 0.446 e. The van der Waals surface area contributed by atoms with Crippen LogP contribution in [0.4, 0.5) is 4.79 Å². The van der Waals surface area contributed by atoms with Crippen molar-refractivity contribution >= 4 is 35.3 Å². The molecule has 7 heteroatoms. The van der Waals surface area contributed by atoms with Crippen molar-refractivity contribution in [3.8, 4) is 10.4 Å². The smallest absolute Gasteiger partial charge is 0.410 e. The van der Waals surface area contributed by atoms with Crippen LogP contribution in [0.2, 0.25) is 5.02 Å². The van der Waals surface area contributed by atoms with Crippen LogP contribution < -0.4 is 0 Å². The van der Waals surface area contributed by atoms with Crippen LogP contribution in [-0.4, -0.2) is 41.1 Å². The minimum absolute atomic E-state index is 0.149. The van der Waals surface area contributed by atoms with Crippen molar-refractivity contribution in [2.24, 2.45) is 0 Å². The van der Waals surface area contributed by atoms with Gasteiger partial charge in [-0.05, 0) is 68.1 Å². The van der Waals surface area contributed by atoms with Gasteiger partial charge in [0.1, 0.15) is 12.7 Å². The van der Waals surface area contributed by atoms with Crippen molar-refractivity contribution < 1.29 is 19.4 Å². The number of ether oxygens (including phenoxy) is 1. The number of nitrogens with zero attached hydrogens (tertiary/aromatic N) is 1. The molecule has 1 N–H and O–H groups in total. The van der Waals surface area contributed by atoms with E-state index in [1.54, 1.807) is 29.2 Å². The fourth-order valence-corrected chi connectivity index (χ4v) is 4.41. The average molecular weight is 486 g/mol. The Kier molecular flexibility index (Phi) is 8.30. The summed E-state index contributed by atoms with van der Waals surface area (Å²) in [4.78, 5) is 27.1. The van der Waals surface area contributed by atoms with E-state index in [0.717, 1.165) is 22.3 Å². The van der Waals surface area contributed by atoms with Crippen LogP contribution in [0.3, 0.4) is 0 Å². The number of hydrogen-bond acceptors (Lipinski definition) is 5. The Balaban J connectivity index is 1.59. The highest BCUT2D eigenvalue weighted by molar-refractivity contribution is 7.17. The van der Waals surface area contributed by atoms with E-state index >= 15 is 0 Å². The number of rotatable bonds is 8. The minimum atomic E-state index is -0.945. The molecule has 0 aliphatic carbocycles. The van der Waals surface area contributed by atoms with Gasteiger partial charge in [0, 0.05) is 22.0 Å². The first-order valence-electron chi connectivity index (χ1n) is 10.7. The topological polar surface area (TPSA) is 66.8 Å². The van der Waals surface area contributed by atoms with Gasteiger partial charge in [-0.2, -0.15) is 0 Å². The molecule has 0 radical (unpaired) electrons. The number of hydrogen-bond donors (Lipinski definition) is 1. The van der Waals surface area contributed by atoms with Gasteiger partial charge in [0.15, 0.2) is 6.29 Å². The summed E-state index contributed by atoms with van der Waals surface area (Å²) in [5.74, 6) is 0. The van der Waals surface area contributed by atoms with Crippen LogP contribution in [0, 0.1) is 0 Å². The van der Waals surface area contributed by atoms with Crippen LogP contribution in [0.15, 0.2) is 60.7 Å². The van der Waals surface area contributed by atoms with Crippen molar-refractivity contribution in [1.29, 1.82) is 0 Å². The summed E-state index contributed by atoms with van der Waals surface area (Å²) in [6.07, 6.45) is 0.101. The second-order valence-corrected chi connectivity index (χ2v) is 10.3. The van der Waals surface area contributed by atoms with E-state index < -0.39 is 17.7 Å². The summed E-state index contributed by atoms with van der Waals surface area (Å²) in [5.41, 5.74) is 2.30. The Morgan fingerprint density at radius 1 is 1.15 bits per heavy atom. The molecule has 1 atom stereocenters. The van der Waals surface area contributed by atoms with Crippen LogP contribution in [0.5, 0.6) is 0 Å². The molecule has 2 aromatic carbocycles. The van der Waals surface area contributed by atoms with E-state index in [0.29, 0.717) is 28.4 Å². The van der Waals surface area contributed by atoms with Crippen LogP contribution >= 0.6 is 22.9 Å². The normalized spacial score (nSPS) is 12.3. The molecule has 0 bridgehead atoms. The predicted octanol–water partition coefficient (Wildman–Crippen LogP) is 6.39. The zero-order valence-corrected chi connectivity index (χ0v) is 20.5. The lowest BCUT2D eigenvalue weighted by molar-refractivity contribution is 0.0298. The Morgan fingerprint density at radius 2 is 1.88 bits per heavy atom. The lowest BCUT2D eigenvalue weighted by Gasteiger charge is -2.35. The number of aliphatic hydroxyl groups excluding tert-OH is 1. The average Bonchev–Trinajstić information content (AvgIpc) is 3.26. The fourth-order valence-electron chi connectivity index (χ4n) is 3.39. The van der Waals surface area contributed by atoms with Gasteiger partial charge < -0.3 is 14.7 Å². The molecule has 1 heterocycles. The van der Waals surface area contributed by atoms with Crippen molar-refractivity contribution in [2.45, 2.75) is 38.8 Å².